The molecule has 24 heavy (non-hydrogen) atoms. The van der Waals surface area contributed by atoms with E-state index in [1.165, 1.54) is 0 Å². The Morgan fingerprint density at radius 3 is 2.71 bits per heavy atom. The van der Waals surface area contributed by atoms with Crippen molar-refractivity contribution in [2.75, 3.05) is 5.32 Å². The number of anilines is 1. The number of pyridine rings is 2. The molecule has 124 valence electrons. The monoisotopic (exact) mass is 353 g/mol. The lowest BCUT2D eigenvalue weighted by Crippen LogP contribution is -2.09. The van der Waals surface area contributed by atoms with Gasteiger partial charge in [-0.3, -0.25) is 4.57 Å². The molecule has 0 radical (unpaired) electrons. The molecule has 3 aromatic heterocycles. The third-order valence-electron chi connectivity index (χ3n) is 3.23. The molecule has 0 aliphatic heterocycles. The molecule has 0 saturated heterocycles. The third-order valence-corrected chi connectivity index (χ3v) is 3.52. The molecule has 0 aliphatic rings. The maximum absolute atomic E-state index is 12.6. The van der Waals surface area contributed by atoms with Crippen LogP contribution in [-0.4, -0.2) is 19.5 Å². The topological polar surface area (TPSA) is 55.6 Å². The summed E-state index contributed by atoms with van der Waals surface area (Å²) in [6.07, 6.45) is 2.88. The average molecular weight is 354 g/mol. The first-order chi connectivity index (χ1) is 11.4. The fourth-order valence-electron chi connectivity index (χ4n) is 2.09. The Kier molecular flexibility index (Phi) is 4.39. The second kappa shape index (κ2) is 6.48. The summed E-state index contributed by atoms with van der Waals surface area (Å²) in [5, 5.41) is 2.83. The predicted octanol–water partition coefficient (Wildman–Crippen LogP) is 3.95. The molecular formula is C15H11ClF3N5. The van der Waals surface area contributed by atoms with Gasteiger partial charge in [-0.15, -0.1) is 0 Å². The van der Waals surface area contributed by atoms with Crippen LogP contribution in [0.2, 0.25) is 5.02 Å². The lowest BCUT2D eigenvalue weighted by molar-refractivity contribution is -0.137. The molecule has 0 aliphatic carbocycles. The van der Waals surface area contributed by atoms with E-state index in [2.05, 4.69) is 20.3 Å². The molecule has 0 spiro atoms. The minimum absolute atomic E-state index is 0.0992. The van der Waals surface area contributed by atoms with Gasteiger partial charge in [-0.2, -0.15) is 13.2 Å². The molecule has 5 nitrogen and oxygen atoms in total. The Labute approximate surface area is 140 Å². The Morgan fingerprint density at radius 2 is 2.04 bits per heavy atom. The molecule has 0 bridgehead atoms. The highest BCUT2D eigenvalue weighted by Crippen LogP contribution is 2.32. The van der Waals surface area contributed by atoms with Crippen LogP contribution >= 0.6 is 11.6 Å². The Hall–Kier alpha value is -2.61. The van der Waals surface area contributed by atoms with Crippen LogP contribution in [0.3, 0.4) is 0 Å². The van der Waals surface area contributed by atoms with E-state index in [0.717, 1.165) is 17.8 Å². The van der Waals surface area contributed by atoms with Gasteiger partial charge in [0, 0.05) is 36.9 Å². The highest BCUT2D eigenvalue weighted by atomic mass is 35.5. The normalized spacial score (nSPS) is 11.5. The third kappa shape index (κ3) is 3.48. The van der Waals surface area contributed by atoms with Gasteiger partial charge in [0.2, 0.25) is 0 Å². The van der Waals surface area contributed by atoms with E-state index in [1.54, 1.807) is 35.6 Å². The van der Waals surface area contributed by atoms with Crippen LogP contribution in [0, 0.1) is 0 Å². The minimum Gasteiger partial charge on any atom is -0.365 e. The highest BCUT2D eigenvalue weighted by Gasteiger charge is 2.31. The molecule has 0 saturated carbocycles. The summed E-state index contributed by atoms with van der Waals surface area (Å²) in [7, 11) is 0. The Morgan fingerprint density at radius 1 is 1.21 bits per heavy atom. The first kappa shape index (κ1) is 16.3. The second-order valence-corrected chi connectivity index (χ2v) is 5.27. The fraction of sp³-hybridized carbons (Fsp3) is 0.133. The molecule has 1 N–H and O–H groups in total. The number of aromatic nitrogens is 4. The number of hydrogen-bond acceptors (Lipinski definition) is 4. The van der Waals surface area contributed by atoms with Crippen molar-refractivity contribution in [3.8, 4) is 5.82 Å². The molecule has 0 fully saturated rings. The molecule has 0 aromatic carbocycles. The summed E-state index contributed by atoms with van der Waals surface area (Å²) in [6.45, 7) is 0.291. The summed E-state index contributed by atoms with van der Waals surface area (Å²) >= 11 is 5.89. The predicted molar refractivity (Wildman–Crippen MR) is 82.9 cm³/mol. The van der Waals surface area contributed by atoms with E-state index in [1.807, 2.05) is 6.07 Å². The quantitative estimate of drug-likeness (QED) is 0.771. The van der Waals surface area contributed by atoms with Gasteiger partial charge < -0.3 is 5.32 Å². The van der Waals surface area contributed by atoms with Gasteiger partial charge in [-0.1, -0.05) is 17.7 Å². The van der Waals surface area contributed by atoms with Crippen LogP contribution in [0.4, 0.5) is 19.0 Å². The van der Waals surface area contributed by atoms with Crippen LogP contribution in [-0.2, 0) is 12.7 Å². The smallest absolute Gasteiger partial charge is 0.365 e. The Balaban J connectivity index is 1.80. The largest absolute Gasteiger partial charge is 0.417 e. The standard InChI is InChI=1S/C15H11ClF3N5/c16-12-6-11(15(17,18)19)8-23-13(12)22-7-10-2-1-3-21-14(10)24-5-4-20-9-24/h1-6,8-9H,7H2,(H,22,23). The van der Waals surface area contributed by atoms with Gasteiger partial charge >= 0.3 is 6.18 Å². The van der Waals surface area contributed by atoms with E-state index in [9.17, 15) is 13.2 Å². The van der Waals surface area contributed by atoms with Crippen molar-refractivity contribution in [2.24, 2.45) is 0 Å². The van der Waals surface area contributed by atoms with Crippen molar-refractivity contribution in [1.29, 1.82) is 0 Å². The van der Waals surface area contributed by atoms with E-state index in [4.69, 9.17) is 11.6 Å². The average Bonchev–Trinajstić information content (AvgIpc) is 3.07. The van der Waals surface area contributed by atoms with Gasteiger partial charge in [0.1, 0.15) is 18.0 Å². The van der Waals surface area contributed by atoms with Gasteiger partial charge in [-0.25, -0.2) is 15.0 Å². The first-order valence-electron chi connectivity index (χ1n) is 6.84. The van der Waals surface area contributed by atoms with Gasteiger partial charge in [0.15, 0.2) is 0 Å². The number of nitrogens with zero attached hydrogens (tertiary/aromatic N) is 4. The number of halogens is 4. The van der Waals surface area contributed by atoms with E-state index in [0.29, 0.717) is 12.4 Å². The lowest BCUT2D eigenvalue weighted by Gasteiger charge is -2.12. The maximum atomic E-state index is 12.6. The van der Waals surface area contributed by atoms with E-state index >= 15 is 0 Å². The fourth-order valence-corrected chi connectivity index (χ4v) is 2.32. The zero-order valence-electron chi connectivity index (χ0n) is 12.1. The first-order valence-corrected chi connectivity index (χ1v) is 7.22. The number of nitrogens with one attached hydrogen (secondary N) is 1. The van der Waals surface area contributed by atoms with Crippen molar-refractivity contribution >= 4 is 17.4 Å². The minimum atomic E-state index is -4.48. The molecule has 3 aromatic rings. The molecule has 9 heteroatoms. The van der Waals surface area contributed by atoms with Crippen molar-refractivity contribution in [3.63, 3.8) is 0 Å². The van der Waals surface area contributed by atoms with E-state index < -0.39 is 11.7 Å². The molecule has 0 amide bonds. The molecule has 3 heterocycles. The van der Waals surface area contributed by atoms with Gasteiger partial charge in [0.25, 0.3) is 0 Å². The van der Waals surface area contributed by atoms with Gasteiger partial charge in [0.05, 0.1) is 10.6 Å². The molecular weight excluding hydrogens is 343 g/mol. The van der Waals surface area contributed by atoms with E-state index in [-0.39, 0.29) is 10.8 Å². The summed E-state index contributed by atoms with van der Waals surface area (Å²) in [5.41, 5.74) is -0.0770. The van der Waals surface area contributed by atoms with Crippen LogP contribution in [0.1, 0.15) is 11.1 Å². The van der Waals surface area contributed by atoms with Crippen molar-refractivity contribution in [2.45, 2.75) is 12.7 Å². The lowest BCUT2D eigenvalue weighted by atomic mass is 10.2. The second-order valence-electron chi connectivity index (χ2n) is 4.86. The molecule has 0 unspecified atom stereocenters. The number of alkyl halides is 3. The molecule has 3 rings (SSSR count). The zero-order valence-corrected chi connectivity index (χ0v) is 12.9. The van der Waals surface area contributed by atoms with Gasteiger partial charge in [-0.05, 0) is 12.1 Å². The summed E-state index contributed by atoms with van der Waals surface area (Å²) in [6, 6.07) is 4.45. The number of rotatable bonds is 4. The Bertz CT molecular complexity index is 833. The van der Waals surface area contributed by atoms with Crippen LogP contribution in [0.5, 0.6) is 0 Å². The number of imidazole rings is 1. The van der Waals surface area contributed by atoms with Crippen molar-refractivity contribution in [3.05, 3.63) is 65.5 Å². The maximum Gasteiger partial charge on any atom is 0.417 e. The summed E-state index contributed by atoms with van der Waals surface area (Å²) < 4.78 is 39.6. The summed E-state index contributed by atoms with van der Waals surface area (Å²) in [4.78, 5) is 12.0. The number of hydrogen-bond donors (Lipinski definition) is 1. The van der Waals surface area contributed by atoms with Crippen LogP contribution < -0.4 is 5.32 Å². The summed E-state index contributed by atoms with van der Waals surface area (Å²) in [5.74, 6) is 0.829. The SMILES string of the molecule is FC(F)(F)c1cnc(NCc2cccnc2-n2ccnc2)c(Cl)c1. The van der Waals surface area contributed by atoms with Crippen molar-refractivity contribution in [1.82, 2.24) is 19.5 Å². The zero-order chi connectivity index (χ0) is 17.2. The molecule has 0 atom stereocenters. The van der Waals surface area contributed by atoms with Crippen molar-refractivity contribution < 1.29 is 13.2 Å². The van der Waals surface area contributed by atoms with Crippen LogP contribution in [0.15, 0.2) is 49.3 Å². The highest BCUT2D eigenvalue weighted by molar-refractivity contribution is 6.32. The van der Waals surface area contributed by atoms with Crippen LogP contribution in [0.25, 0.3) is 5.82 Å².